The van der Waals surface area contributed by atoms with Gasteiger partial charge in [-0.05, 0) is 18.6 Å². The van der Waals surface area contributed by atoms with Crippen LogP contribution in [-0.2, 0) is 4.74 Å². The molecule has 0 radical (unpaired) electrons. The fourth-order valence-electron chi connectivity index (χ4n) is 1.50. The second-order valence-electron chi connectivity index (χ2n) is 3.40. The highest BCUT2D eigenvalue weighted by molar-refractivity contribution is 5.23. The maximum Gasteiger partial charge on any atom is 0.351 e. The van der Waals surface area contributed by atoms with E-state index in [0.717, 1.165) is 6.42 Å². The largest absolute Gasteiger partial charge is 0.383 e. The molecule has 2 atom stereocenters. The van der Waals surface area contributed by atoms with Crippen molar-refractivity contribution in [1.82, 2.24) is 9.55 Å². The molecular weight excluding hydrogens is 194 g/mol. The van der Waals surface area contributed by atoms with E-state index in [9.17, 15) is 4.79 Å². The van der Waals surface area contributed by atoms with Crippen molar-refractivity contribution in [3.63, 3.8) is 0 Å². The second-order valence-corrected chi connectivity index (χ2v) is 3.40. The Kier molecular flexibility index (Phi) is 2.55. The summed E-state index contributed by atoms with van der Waals surface area (Å²) in [6, 6.07) is 1.58. The lowest BCUT2D eigenvalue weighted by Crippen LogP contribution is -2.27. The summed E-state index contributed by atoms with van der Waals surface area (Å²) in [5, 5.41) is 0. The van der Waals surface area contributed by atoms with Gasteiger partial charge in [0.1, 0.15) is 5.82 Å². The minimum Gasteiger partial charge on any atom is -0.383 e. The Morgan fingerprint density at radius 3 is 3.00 bits per heavy atom. The molecule has 1 aliphatic heterocycles. The van der Waals surface area contributed by atoms with E-state index in [2.05, 4.69) is 4.98 Å². The summed E-state index contributed by atoms with van der Waals surface area (Å²) in [5.74, 6) is 0.227. The number of hydrogen-bond donors (Lipinski definition) is 1. The molecule has 80 valence electrons. The van der Waals surface area contributed by atoms with Gasteiger partial charge in [-0.15, -0.1) is 0 Å². The van der Waals surface area contributed by atoms with Crippen LogP contribution < -0.4 is 11.4 Å². The Balaban J connectivity index is 2.25. The molecule has 2 unspecified atom stereocenters. The Morgan fingerprint density at radius 1 is 1.60 bits per heavy atom. The van der Waals surface area contributed by atoms with Gasteiger partial charge in [0.2, 0.25) is 0 Å². The third kappa shape index (κ3) is 1.92. The van der Waals surface area contributed by atoms with Crippen LogP contribution in [0.3, 0.4) is 0 Å². The minimum atomic E-state index is -0.388. The summed E-state index contributed by atoms with van der Waals surface area (Å²) in [5.41, 5.74) is 5.01. The van der Waals surface area contributed by atoms with Crippen LogP contribution in [0.2, 0.25) is 0 Å². The summed E-state index contributed by atoms with van der Waals surface area (Å²) in [4.78, 5) is 15.1. The number of hydrogen-bond acceptors (Lipinski definition) is 4. The SMILES string of the molecule is CCC1C=CC(n2ccc(N)nc2=O)O1. The lowest BCUT2D eigenvalue weighted by atomic mass is 10.3. The zero-order valence-electron chi connectivity index (χ0n) is 8.46. The summed E-state index contributed by atoms with van der Waals surface area (Å²) < 4.78 is 7.01. The van der Waals surface area contributed by atoms with Crippen molar-refractivity contribution >= 4 is 5.82 Å². The van der Waals surface area contributed by atoms with Gasteiger partial charge in [-0.2, -0.15) is 4.98 Å². The van der Waals surface area contributed by atoms with Crippen molar-refractivity contribution in [2.45, 2.75) is 25.7 Å². The number of aromatic nitrogens is 2. The zero-order valence-corrected chi connectivity index (χ0v) is 8.46. The average molecular weight is 207 g/mol. The molecule has 1 aromatic heterocycles. The van der Waals surface area contributed by atoms with E-state index >= 15 is 0 Å². The van der Waals surface area contributed by atoms with Crippen LogP contribution in [-0.4, -0.2) is 15.7 Å². The van der Waals surface area contributed by atoms with Gasteiger partial charge in [-0.25, -0.2) is 4.79 Å². The van der Waals surface area contributed by atoms with E-state index in [1.54, 1.807) is 12.3 Å². The van der Waals surface area contributed by atoms with Crippen LogP contribution in [0.25, 0.3) is 0 Å². The first-order valence-corrected chi connectivity index (χ1v) is 4.89. The topological polar surface area (TPSA) is 70.1 Å². The summed E-state index contributed by atoms with van der Waals surface area (Å²) in [7, 11) is 0. The molecule has 5 heteroatoms. The Bertz CT molecular complexity index is 439. The van der Waals surface area contributed by atoms with Gasteiger partial charge in [-0.3, -0.25) is 4.57 Å². The van der Waals surface area contributed by atoms with Crippen molar-refractivity contribution in [2.24, 2.45) is 0 Å². The molecule has 0 saturated heterocycles. The standard InChI is InChI=1S/C10H13N3O2/c1-2-7-3-4-9(15-7)13-6-5-8(11)12-10(13)14/h3-7,9H,2H2,1H3,(H2,11,12,14). The monoisotopic (exact) mass is 207 g/mol. The number of rotatable bonds is 2. The highest BCUT2D eigenvalue weighted by Gasteiger charge is 2.19. The minimum absolute atomic E-state index is 0.0828. The van der Waals surface area contributed by atoms with Crippen LogP contribution in [0.15, 0.2) is 29.2 Å². The molecule has 5 nitrogen and oxygen atoms in total. The van der Waals surface area contributed by atoms with Gasteiger partial charge in [0, 0.05) is 6.20 Å². The molecule has 0 spiro atoms. The molecule has 0 amide bonds. The summed E-state index contributed by atoms with van der Waals surface area (Å²) >= 11 is 0. The zero-order chi connectivity index (χ0) is 10.8. The molecule has 1 aliphatic rings. The van der Waals surface area contributed by atoms with Crippen molar-refractivity contribution < 1.29 is 4.74 Å². The lowest BCUT2D eigenvalue weighted by Gasteiger charge is -2.14. The van der Waals surface area contributed by atoms with Crippen LogP contribution in [0.1, 0.15) is 19.6 Å². The number of nitrogens with two attached hydrogens (primary N) is 1. The quantitative estimate of drug-likeness (QED) is 0.724. The van der Waals surface area contributed by atoms with E-state index in [1.807, 2.05) is 19.1 Å². The fourth-order valence-corrected chi connectivity index (χ4v) is 1.50. The maximum absolute atomic E-state index is 11.5. The summed E-state index contributed by atoms with van der Waals surface area (Å²) in [6.45, 7) is 2.03. The Morgan fingerprint density at radius 2 is 2.40 bits per heavy atom. The van der Waals surface area contributed by atoms with E-state index in [4.69, 9.17) is 10.5 Å². The molecule has 0 saturated carbocycles. The number of anilines is 1. The van der Waals surface area contributed by atoms with E-state index in [0.29, 0.717) is 0 Å². The first kappa shape index (κ1) is 9.92. The summed E-state index contributed by atoms with van der Waals surface area (Å²) in [6.07, 6.45) is 6.03. The molecule has 2 N–H and O–H groups in total. The number of nitrogen functional groups attached to an aromatic ring is 1. The van der Waals surface area contributed by atoms with Gasteiger partial charge >= 0.3 is 5.69 Å². The van der Waals surface area contributed by atoms with Gasteiger partial charge in [0.25, 0.3) is 0 Å². The van der Waals surface area contributed by atoms with Crippen LogP contribution in [0.5, 0.6) is 0 Å². The van der Waals surface area contributed by atoms with E-state index in [-0.39, 0.29) is 23.8 Å². The predicted octanol–water partition coefficient (Wildman–Crippen LogP) is 0.689. The van der Waals surface area contributed by atoms with Crippen molar-refractivity contribution in [3.05, 3.63) is 34.9 Å². The maximum atomic E-state index is 11.5. The lowest BCUT2D eigenvalue weighted by molar-refractivity contribution is 0.0142. The number of ether oxygens (including phenoxy) is 1. The molecule has 2 rings (SSSR count). The number of nitrogens with zero attached hydrogens (tertiary/aromatic N) is 2. The molecule has 0 fully saturated rings. The molecule has 0 aliphatic carbocycles. The molecule has 1 aromatic rings. The first-order valence-electron chi connectivity index (χ1n) is 4.89. The average Bonchev–Trinajstić information content (AvgIpc) is 2.66. The normalized spacial score (nSPS) is 24.6. The highest BCUT2D eigenvalue weighted by atomic mass is 16.5. The van der Waals surface area contributed by atoms with Crippen molar-refractivity contribution in [1.29, 1.82) is 0 Å². The second kappa shape index (κ2) is 3.86. The molecule has 15 heavy (non-hydrogen) atoms. The van der Waals surface area contributed by atoms with Crippen molar-refractivity contribution in [3.8, 4) is 0 Å². The van der Waals surface area contributed by atoms with Gasteiger partial charge in [0.05, 0.1) is 6.10 Å². The molecule has 2 heterocycles. The Hall–Kier alpha value is -1.62. The van der Waals surface area contributed by atoms with Crippen LogP contribution in [0, 0.1) is 0 Å². The third-order valence-corrected chi connectivity index (χ3v) is 2.33. The van der Waals surface area contributed by atoms with Crippen LogP contribution >= 0.6 is 0 Å². The smallest absolute Gasteiger partial charge is 0.351 e. The fraction of sp³-hybridized carbons (Fsp3) is 0.400. The predicted molar refractivity (Wildman–Crippen MR) is 56.3 cm³/mol. The first-order chi connectivity index (χ1) is 7.20. The van der Waals surface area contributed by atoms with E-state index < -0.39 is 0 Å². The van der Waals surface area contributed by atoms with Gasteiger partial charge in [0.15, 0.2) is 6.23 Å². The third-order valence-electron chi connectivity index (χ3n) is 2.33. The molecule has 0 aromatic carbocycles. The van der Waals surface area contributed by atoms with Crippen LogP contribution in [0.4, 0.5) is 5.82 Å². The van der Waals surface area contributed by atoms with Gasteiger partial charge < -0.3 is 10.5 Å². The molecular formula is C10H13N3O2. The van der Waals surface area contributed by atoms with Gasteiger partial charge in [-0.1, -0.05) is 13.0 Å². The highest BCUT2D eigenvalue weighted by Crippen LogP contribution is 2.21. The molecule has 0 bridgehead atoms. The Labute approximate surface area is 87.2 Å². The van der Waals surface area contributed by atoms with E-state index in [1.165, 1.54) is 4.57 Å². The van der Waals surface area contributed by atoms with Crippen molar-refractivity contribution in [2.75, 3.05) is 5.73 Å².